The van der Waals surface area contributed by atoms with Gasteiger partial charge in [-0.05, 0) is 25.8 Å². The monoisotopic (exact) mass is 332 g/mol. The molecule has 2 aliphatic heterocycles. The van der Waals surface area contributed by atoms with Gasteiger partial charge in [0, 0.05) is 6.61 Å². The highest BCUT2D eigenvalue weighted by Crippen LogP contribution is 2.27. The van der Waals surface area contributed by atoms with Crippen LogP contribution in [0.4, 0.5) is 0 Å². The van der Waals surface area contributed by atoms with Gasteiger partial charge in [-0.25, -0.2) is 0 Å². The zero-order valence-corrected chi connectivity index (χ0v) is 15.5. The molecule has 0 bridgehead atoms. The van der Waals surface area contributed by atoms with Gasteiger partial charge in [-0.1, -0.05) is 20.8 Å². The Hall–Kier alpha value is 0.0169. The first-order valence-electron chi connectivity index (χ1n) is 8.74. The molecule has 22 heavy (non-hydrogen) atoms. The van der Waals surface area contributed by atoms with Crippen LogP contribution in [-0.2, 0) is 23.4 Å². The molecule has 0 radical (unpaired) electrons. The highest BCUT2D eigenvalue weighted by atomic mass is 28.4. The van der Waals surface area contributed by atoms with Gasteiger partial charge >= 0.3 is 0 Å². The lowest BCUT2D eigenvalue weighted by Gasteiger charge is -2.40. The van der Waals surface area contributed by atoms with Gasteiger partial charge in [-0.15, -0.1) is 0 Å². The zero-order chi connectivity index (χ0) is 16.0. The van der Waals surface area contributed by atoms with Gasteiger partial charge in [0.2, 0.25) is 8.32 Å². The van der Waals surface area contributed by atoms with Crippen LogP contribution in [0.5, 0.6) is 0 Å². The predicted octanol–water partition coefficient (Wildman–Crippen LogP) is 2.45. The van der Waals surface area contributed by atoms with Gasteiger partial charge in [0.1, 0.15) is 12.2 Å². The van der Waals surface area contributed by atoms with E-state index in [-0.39, 0.29) is 11.5 Å². The minimum absolute atomic E-state index is 0.147. The molecule has 0 aromatic heterocycles. The van der Waals surface area contributed by atoms with Crippen LogP contribution in [0.25, 0.3) is 0 Å². The summed E-state index contributed by atoms with van der Waals surface area (Å²) in [6, 6.07) is 0. The van der Waals surface area contributed by atoms with Crippen molar-refractivity contribution in [3.63, 3.8) is 0 Å². The molecule has 130 valence electrons. The third-order valence-corrected chi connectivity index (χ3v) is 8.94. The van der Waals surface area contributed by atoms with Crippen LogP contribution in [0.2, 0.25) is 6.55 Å². The number of ether oxygens (including phenoxy) is 4. The van der Waals surface area contributed by atoms with E-state index in [0.717, 1.165) is 39.1 Å². The summed E-state index contributed by atoms with van der Waals surface area (Å²) in [5.41, 5.74) is 0.293. The van der Waals surface area contributed by atoms with E-state index in [2.05, 4.69) is 27.3 Å². The Bertz CT molecular complexity index is 296. The highest BCUT2D eigenvalue weighted by Gasteiger charge is 2.47. The maximum absolute atomic E-state index is 6.40. The summed E-state index contributed by atoms with van der Waals surface area (Å²) in [6.07, 6.45) is 3.52. The van der Waals surface area contributed by atoms with E-state index in [1.807, 2.05) is 0 Å². The quantitative estimate of drug-likeness (QED) is 0.383. The molecule has 0 aromatic rings. The molecule has 0 N–H and O–H groups in total. The molecule has 0 spiro atoms. The average Bonchev–Trinajstić information content (AvgIpc) is 3.40. The molecular weight excluding hydrogens is 300 g/mol. The van der Waals surface area contributed by atoms with Crippen LogP contribution < -0.4 is 0 Å². The number of hydrogen-bond acceptors (Lipinski definition) is 5. The Labute approximate surface area is 135 Å². The van der Waals surface area contributed by atoms with Crippen molar-refractivity contribution >= 4 is 8.32 Å². The Morgan fingerprint density at radius 1 is 0.955 bits per heavy atom. The van der Waals surface area contributed by atoms with Crippen molar-refractivity contribution in [1.82, 2.24) is 0 Å². The lowest BCUT2D eigenvalue weighted by Crippen LogP contribution is -2.59. The highest BCUT2D eigenvalue weighted by molar-refractivity contribution is 6.75. The summed E-state index contributed by atoms with van der Waals surface area (Å²) in [4.78, 5) is 0. The zero-order valence-electron chi connectivity index (χ0n) is 14.5. The minimum atomic E-state index is -2.16. The van der Waals surface area contributed by atoms with E-state index < -0.39 is 8.32 Å². The fraction of sp³-hybridized carbons (Fsp3) is 1.00. The van der Waals surface area contributed by atoms with Crippen LogP contribution >= 0.6 is 0 Å². The molecule has 0 aromatic carbocycles. The molecule has 2 heterocycles. The van der Waals surface area contributed by atoms with Crippen LogP contribution in [0.1, 0.15) is 40.0 Å². The van der Waals surface area contributed by atoms with Crippen molar-refractivity contribution in [3.8, 4) is 0 Å². The van der Waals surface area contributed by atoms with Gasteiger partial charge in [-0.2, -0.15) is 0 Å². The van der Waals surface area contributed by atoms with E-state index in [0.29, 0.717) is 25.4 Å². The van der Waals surface area contributed by atoms with Crippen LogP contribution in [0, 0.1) is 0 Å². The first-order chi connectivity index (χ1) is 10.6. The molecule has 0 amide bonds. The summed E-state index contributed by atoms with van der Waals surface area (Å²) >= 11 is 0. The Morgan fingerprint density at radius 2 is 1.41 bits per heavy atom. The SMILES string of the molecule is CCCO[Si](C)(C(CC)OCC1CO1)C(CC)OCC1CO1. The van der Waals surface area contributed by atoms with Gasteiger partial charge < -0.3 is 23.4 Å². The topological polar surface area (TPSA) is 52.8 Å². The Balaban J connectivity index is 1.98. The van der Waals surface area contributed by atoms with Crippen LogP contribution in [0.3, 0.4) is 0 Å². The van der Waals surface area contributed by atoms with E-state index in [9.17, 15) is 0 Å². The van der Waals surface area contributed by atoms with E-state index in [1.54, 1.807) is 0 Å². The van der Waals surface area contributed by atoms with Crippen molar-refractivity contribution in [3.05, 3.63) is 0 Å². The normalized spacial score (nSPS) is 28.9. The fourth-order valence-corrected chi connectivity index (χ4v) is 6.77. The molecule has 4 unspecified atom stereocenters. The van der Waals surface area contributed by atoms with Crippen molar-refractivity contribution < 1.29 is 23.4 Å². The molecule has 4 atom stereocenters. The molecule has 2 aliphatic rings. The molecule has 0 saturated carbocycles. The first kappa shape index (κ1) is 18.4. The van der Waals surface area contributed by atoms with E-state index >= 15 is 0 Å². The lowest BCUT2D eigenvalue weighted by atomic mass is 10.5. The standard InChI is InChI=1S/C16H32O5Si/c1-5-8-21-22(4,15(6-2)19-11-13-9-17-13)16(7-3)20-12-14-10-18-14/h13-16H,5-12H2,1-4H3. The average molecular weight is 333 g/mol. The van der Waals surface area contributed by atoms with Crippen molar-refractivity contribution in [2.45, 2.75) is 70.2 Å². The number of epoxide rings is 2. The largest absolute Gasteiger partial charge is 0.412 e. The molecule has 2 saturated heterocycles. The van der Waals surface area contributed by atoms with Gasteiger partial charge in [0.05, 0.1) is 37.9 Å². The van der Waals surface area contributed by atoms with E-state index in [1.165, 1.54) is 0 Å². The lowest BCUT2D eigenvalue weighted by molar-refractivity contribution is 0.0280. The summed E-state index contributed by atoms with van der Waals surface area (Å²) in [7, 11) is -2.16. The second kappa shape index (κ2) is 8.75. The molecule has 6 heteroatoms. The van der Waals surface area contributed by atoms with Crippen LogP contribution in [-0.4, -0.2) is 65.0 Å². The summed E-state index contributed by atoms with van der Waals surface area (Å²) in [6.45, 7) is 12.6. The maximum Gasteiger partial charge on any atom is 0.246 e. The first-order valence-corrected chi connectivity index (χ1v) is 11.3. The molecule has 2 rings (SSSR count). The minimum Gasteiger partial charge on any atom is -0.412 e. The Morgan fingerprint density at radius 3 is 1.73 bits per heavy atom. The second-order valence-electron chi connectivity index (χ2n) is 6.40. The van der Waals surface area contributed by atoms with Gasteiger partial charge in [-0.3, -0.25) is 0 Å². The van der Waals surface area contributed by atoms with Crippen molar-refractivity contribution in [1.29, 1.82) is 0 Å². The smallest absolute Gasteiger partial charge is 0.246 e. The number of hydrogen-bond donors (Lipinski definition) is 0. The third-order valence-electron chi connectivity index (χ3n) is 4.41. The van der Waals surface area contributed by atoms with Crippen LogP contribution in [0.15, 0.2) is 0 Å². The molecule has 2 fully saturated rings. The Kier molecular flexibility index (Phi) is 7.30. The van der Waals surface area contributed by atoms with Gasteiger partial charge in [0.25, 0.3) is 0 Å². The predicted molar refractivity (Wildman–Crippen MR) is 87.4 cm³/mol. The summed E-state index contributed by atoms with van der Waals surface area (Å²) < 4.78 is 29.3. The van der Waals surface area contributed by atoms with E-state index in [4.69, 9.17) is 23.4 Å². The maximum atomic E-state index is 6.40. The summed E-state index contributed by atoms with van der Waals surface area (Å²) in [5.74, 6) is 0. The fourth-order valence-electron chi connectivity index (χ4n) is 2.87. The second-order valence-corrected chi connectivity index (χ2v) is 10.3. The molecular formula is C16H32O5Si. The van der Waals surface area contributed by atoms with Crippen molar-refractivity contribution in [2.75, 3.05) is 33.0 Å². The third kappa shape index (κ3) is 5.28. The van der Waals surface area contributed by atoms with Crippen molar-refractivity contribution in [2.24, 2.45) is 0 Å². The van der Waals surface area contributed by atoms with Gasteiger partial charge in [0.15, 0.2) is 0 Å². The number of rotatable bonds is 13. The molecule has 5 nitrogen and oxygen atoms in total. The molecule has 0 aliphatic carbocycles. The summed E-state index contributed by atoms with van der Waals surface area (Å²) in [5, 5.41) is 0.